The third kappa shape index (κ3) is 2.70. The zero-order valence-corrected chi connectivity index (χ0v) is 13.7. The first kappa shape index (κ1) is 14.6. The molecular weight excluding hydrogens is 316 g/mol. The van der Waals surface area contributed by atoms with E-state index in [-0.39, 0.29) is 0 Å². The minimum atomic E-state index is -3.13. The molecular formula is C12H18N2O3S3. The molecule has 1 saturated heterocycles. The van der Waals surface area contributed by atoms with E-state index in [1.54, 1.807) is 23.1 Å². The third-order valence-corrected chi connectivity index (χ3v) is 7.55. The van der Waals surface area contributed by atoms with Gasteiger partial charge in [-0.3, -0.25) is 0 Å². The Morgan fingerprint density at radius 3 is 2.95 bits per heavy atom. The van der Waals surface area contributed by atoms with E-state index in [4.69, 9.17) is 0 Å². The van der Waals surface area contributed by atoms with E-state index >= 15 is 0 Å². The van der Waals surface area contributed by atoms with E-state index in [1.165, 1.54) is 6.26 Å². The second kappa shape index (κ2) is 5.47. The minimum absolute atomic E-state index is 0.486. The van der Waals surface area contributed by atoms with Crippen LogP contribution in [0.3, 0.4) is 0 Å². The van der Waals surface area contributed by atoms with Crippen molar-refractivity contribution in [3.05, 3.63) is 10.6 Å². The summed E-state index contributed by atoms with van der Waals surface area (Å²) in [5, 5.41) is 10.3. The Morgan fingerprint density at radius 1 is 1.45 bits per heavy atom. The van der Waals surface area contributed by atoms with Gasteiger partial charge in [-0.1, -0.05) is 0 Å². The summed E-state index contributed by atoms with van der Waals surface area (Å²) in [6.07, 6.45) is 3.47. The van der Waals surface area contributed by atoms with Crippen molar-refractivity contribution in [2.24, 2.45) is 0 Å². The lowest BCUT2D eigenvalue weighted by molar-refractivity contribution is 0.153. The number of thiazole rings is 1. The normalized spacial score (nSPS) is 27.4. The molecule has 1 fully saturated rings. The molecule has 2 unspecified atom stereocenters. The smallest absolute Gasteiger partial charge is 0.187 e. The molecule has 20 heavy (non-hydrogen) atoms. The van der Waals surface area contributed by atoms with Crippen LogP contribution in [0.25, 0.3) is 0 Å². The molecule has 1 N–H and O–H groups in total. The number of rotatable bonds is 2. The van der Waals surface area contributed by atoms with Gasteiger partial charge in [0.15, 0.2) is 15.0 Å². The summed E-state index contributed by atoms with van der Waals surface area (Å²) < 4.78 is 23.9. The maximum atomic E-state index is 11.9. The Labute approximate surface area is 127 Å². The zero-order chi connectivity index (χ0) is 14.3. The SMILES string of the molecule is CS(=O)(=O)C1CSCCN1c1nc2c(s1)CCCC2O. The Kier molecular flexibility index (Phi) is 4.00. The van der Waals surface area contributed by atoms with Crippen LogP contribution in [0.4, 0.5) is 5.13 Å². The van der Waals surface area contributed by atoms with Gasteiger partial charge in [0.05, 0.1) is 11.8 Å². The molecule has 1 aliphatic carbocycles. The van der Waals surface area contributed by atoms with Gasteiger partial charge in [-0.25, -0.2) is 13.4 Å². The highest BCUT2D eigenvalue weighted by atomic mass is 32.2. The van der Waals surface area contributed by atoms with Crippen molar-refractivity contribution in [3.8, 4) is 0 Å². The van der Waals surface area contributed by atoms with E-state index in [2.05, 4.69) is 4.98 Å². The fourth-order valence-electron chi connectivity index (χ4n) is 2.66. The van der Waals surface area contributed by atoms with Crippen molar-refractivity contribution >= 4 is 38.1 Å². The predicted molar refractivity (Wildman–Crippen MR) is 83.3 cm³/mol. The quantitative estimate of drug-likeness (QED) is 0.882. The molecule has 1 aromatic heterocycles. The Hall–Kier alpha value is -0.310. The molecule has 0 spiro atoms. The van der Waals surface area contributed by atoms with Gasteiger partial charge in [0.2, 0.25) is 0 Å². The molecule has 2 heterocycles. The number of sulfone groups is 1. The minimum Gasteiger partial charge on any atom is -0.387 e. The van der Waals surface area contributed by atoms with E-state index in [0.717, 1.165) is 40.7 Å². The number of aryl methyl sites for hydroxylation is 1. The van der Waals surface area contributed by atoms with Gasteiger partial charge >= 0.3 is 0 Å². The van der Waals surface area contributed by atoms with Crippen LogP contribution in [0.5, 0.6) is 0 Å². The molecule has 0 amide bonds. The number of thioether (sulfide) groups is 1. The Bertz CT molecular complexity index is 599. The summed E-state index contributed by atoms with van der Waals surface area (Å²) in [6.45, 7) is 0.699. The molecule has 5 nitrogen and oxygen atoms in total. The molecule has 0 aromatic carbocycles. The van der Waals surface area contributed by atoms with Crippen LogP contribution in [0.1, 0.15) is 29.5 Å². The first-order valence-electron chi connectivity index (χ1n) is 6.68. The molecule has 1 aromatic rings. The van der Waals surface area contributed by atoms with Crippen molar-refractivity contribution in [1.82, 2.24) is 4.98 Å². The summed E-state index contributed by atoms with van der Waals surface area (Å²) >= 11 is 3.22. The number of aliphatic hydroxyl groups is 1. The molecule has 0 bridgehead atoms. The fraction of sp³-hybridized carbons (Fsp3) is 0.750. The third-order valence-electron chi connectivity index (χ3n) is 3.74. The standard InChI is InChI=1S/C12H18N2O3S3/c1-20(16,17)10-7-18-6-5-14(10)12-13-11-8(15)3-2-4-9(11)19-12/h8,10,15H,2-7H2,1H3. The number of nitrogens with zero attached hydrogens (tertiary/aromatic N) is 2. The van der Waals surface area contributed by atoms with E-state index in [1.807, 2.05) is 4.90 Å². The number of hydrogen-bond donors (Lipinski definition) is 1. The molecule has 8 heteroatoms. The van der Waals surface area contributed by atoms with Crippen molar-refractivity contribution in [2.45, 2.75) is 30.7 Å². The lowest BCUT2D eigenvalue weighted by Crippen LogP contribution is -2.47. The number of fused-ring (bicyclic) bond motifs is 1. The van der Waals surface area contributed by atoms with E-state index in [9.17, 15) is 13.5 Å². The van der Waals surface area contributed by atoms with Gasteiger partial charge in [-0.2, -0.15) is 11.8 Å². The van der Waals surface area contributed by atoms with Gasteiger partial charge in [0, 0.05) is 29.2 Å². The van der Waals surface area contributed by atoms with Crippen molar-refractivity contribution in [2.75, 3.05) is 29.2 Å². The number of aliphatic hydroxyl groups excluding tert-OH is 1. The highest BCUT2D eigenvalue weighted by Gasteiger charge is 2.34. The Balaban J connectivity index is 1.95. The van der Waals surface area contributed by atoms with E-state index < -0.39 is 21.3 Å². The molecule has 3 rings (SSSR count). The second-order valence-electron chi connectivity index (χ2n) is 5.27. The number of anilines is 1. The predicted octanol–water partition coefficient (Wildman–Crippen LogP) is 1.44. The molecule has 2 aliphatic rings. The van der Waals surface area contributed by atoms with Crippen molar-refractivity contribution in [1.29, 1.82) is 0 Å². The highest BCUT2D eigenvalue weighted by Crippen LogP contribution is 2.38. The number of aromatic nitrogens is 1. The summed E-state index contributed by atoms with van der Waals surface area (Å²) in [5.74, 6) is 1.50. The van der Waals surface area contributed by atoms with Crippen LogP contribution in [-0.2, 0) is 16.3 Å². The van der Waals surface area contributed by atoms with Gasteiger partial charge < -0.3 is 10.0 Å². The van der Waals surface area contributed by atoms with Crippen LogP contribution in [0.2, 0.25) is 0 Å². The van der Waals surface area contributed by atoms with E-state index in [0.29, 0.717) is 12.3 Å². The van der Waals surface area contributed by atoms with Gasteiger partial charge in [0.1, 0.15) is 5.37 Å². The lowest BCUT2D eigenvalue weighted by Gasteiger charge is -2.33. The largest absolute Gasteiger partial charge is 0.387 e. The van der Waals surface area contributed by atoms with Crippen LogP contribution in [0, 0.1) is 0 Å². The van der Waals surface area contributed by atoms with Crippen LogP contribution < -0.4 is 4.90 Å². The second-order valence-corrected chi connectivity index (χ2v) is 9.68. The summed E-state index contributed by atoms with van der Waals surface area (Å²) in [5.41, 5.74) is 0.765. The summed E-state index contributed by atoms with van der Waals surface area (Å²) in [4.78, 5) is 7.56. The maximum absolute atomic E-state index is 11.9. The summed E-state index contributed by atoms with van der Waals surface area (Å²) in [7, 11) is -3.13. The van der Waals surface area contributed by atoms with Crippen LogP contribution in [0.15, 0.2) is 0 Å². The summed E-state index contributed by atoms with van der Waals surface area (Å²) in [6, 6.07) is 0. The molecule has 1 aliphatic heterocycles. The lowest BCUT2D eigenvalue weighted by atomic mass is 10.0. The molecule has 0 radical (unpaired) electrons. The molecule has 2 atom stereocenters. The highest BCUT2D eigenvalue weighted by molar-refractivity contribution is 8.01. The van der Waals surface area contributed by atoms with Gasteiger partial charge in [-0.05, 0) is 19.3 Å². The van der Waals surface area contributed by atoms with Gasteiger partial charge in [-0.15, -0.1) is 11.3 Å². The topological polar surface area (TPSA) is 70.5 Å². The fourth-order valence-corrected chi connectivity index (χ4v) is 6.78. The average Bonchev–Trinajstić information content (AvgIpc) is 2.83. The first-order valence-corrected chi connectivity index (χ1v) is 10.6. The van der Waals surface area contributed by atoms with Crippen LogP contribution in [-0.4, -0.2) is 48.2 Å². The van der Waals surface area contributed by atoms with Crippen LogP contribution >= 0.6 is 23.1 Å². The Morgan fingerprint density at radius 2 is 2.25 bits per heavy atom. The van der Waals surface area contributed by atoms with Crippen molar-refractivity contribution < 1.29 is 13.5 Å². The number of hydrogen-bond acceptors (Lipinski definition) is 7. The maximum Gasteiger partial charge on any atom is 0.187 e. The molecule has 0 saturated carbocycles. The van der Waals surface area contributed by atoms with Crippen molar-refractivity contribution in [3.63, 3.8) is 0 Å². The monoisotopic (exact) mass is 334 g/mol. The van der Waals surface area contributed by atoms with Gasteiger partial charge in [0.25, 0.3) is 0 Å². The zero-order valence-electron chi connectivity index (χ0n) is 11.3. The molecule has 112 valence electrons. The average molecular weight is 334 g/mol. The first-order chi connectivity index (χ1) is 9.47.